The van der Waals surface area contributed by atoms with E-state index in [0.717, 1.165) is 29.0 Å². The van der Waals surface area contributed by atoms with Crippen LogP contribution >= 0.6 is 23.4 Å². The van der Waals surface area contributed by atoms with E-state index in [9.17, 15) is 5.11 Å². The summed E-state index contributed by atoms with van der Waals surface area (Å²) in [6.07, 6.45) is 5.96. The Morgan fingerprint density at radius 3 is 2.65 bits per heavy atom. The highest BCUT2D eigenvalue weighted by Gasteiger charge is 2.42. The van der Waals surface area contributed by atoms with Crippen LogP contribution in [0.15, 0.2) is 18.2 Å². The predicted octanol–water partition coefficient (Wildman–Crippen LogP) is 3.84. The van der Waals surface area contributed by atoms with Crippen LogP contribution in [-0.2, 0) is 6.42 Å². The zero-order valence-electron chi connectivity index (χ0n) is 10.4. The number of aliphatic hydroxyl groups is 1. The molecule has 0 saturated heterocycles. The molecule has 94 valence electrons. The van der Waals surface area contributed by atoms with Crippen molar-refractivity contribution in [2.24, 2.45) is 0 Å². The molecule has 0 bridgehead atoms. The first-order valence-corrected chi connectivity index (χ1v) is 7.66. The molecule has 1 aliphatic carbocycles. The Labute approximate surface area is 113 Å². The Morgan fingerprint density at radius 2 is 2.18 bits per heavy atom. The first-order valence-electron chi connectivity index (χ1n) is 6.06. The molecule has 1 aromatic carbocycles. The molecule has 0 heterocycles. The van der Waals surface area contributed by atoms with Gasteiger partial charge in [-0.05, 0) is 43.2 Å². The van der Waals surface area contributed by atoms with Crippen LogP contribution in [0.25, 0.3) is 0 Å². The molecule has 1 atom stereocenters. The monoisotopic (exact) mass is 270 g/mol. The van der Waals surface area contributed by atoms with Gasteiger partial charge in [0.15, 0.2) is 0 Å². The quantitative estimate of drug-likeness (QED) is 0.897. The topological polar surface area (TPSA) is 20.2 Å². The number of rotatable bonds is 4. The number of aliphatic hydroxyl groups excluding tert-OH is 1. The molecule has 0 spiro atoms. The van der Waals surface area contributed by atoms with Gasteiger partial charge >= 0.3 is 0 Å². The van der Waals surface area contributed by atoms with Gasteiger partial charge in [-0.3, -0.25) is 0 Å². The van der Waals surface area contributed by atoms with Gasteiger partial charge in [0.1, 0.15) is 0 Å². The van der Waals surface area contributed by atoms with Crippen LogP contribution in [0, 0.1) is 6.92 Å². The lowest BCUT2D eigenvalue weighted by atomic mass is 9.78. The summed E-state index contributed by atoms with van der Waals surface area (Å²) < 4.78 is 0.0776. The fraction of sp³-hybridized carbons (Fsp3) is 0.571. The van der Waals surface area contributed by atoms with Gasteiger partial charge in [0.2, 0.25) is 0 Å². The molecular weight excluding hydrogens is 252 g/mol. The van der Waals surface area contributed by atoms with E-state index in [4.69, 9.17) is 11.6 Å². The van der Waals surface area contributed by atoms with Crippen molar-refractivity contribution in [2.75, 3.05) is 6.26 Å². The lowest BCUT2D eigenvalue weighted by Gasteiger charge is -2.44. The van der Waals surface area contributed by atoms with E-state index in [-0.39, 0.29) is 10.9 Å². The number of hydrogen-bond acceptors (Lipinski definition) is 2. The van der Waals surface area contributed by atoms with Gasteiger partial charge in [-0.2, -0.15) is 11.8 Å². The van der Waals surface area contributed by atoms with Crippen molar-refractivity contribution in [2.45, 2.75) is 43.5 Å². The summed E-state index contributed by atoms with van der Waals surface area (Å²) in [6, 6.07) is 6.06. The summed E-state index contributed by atoms with van der Waals surface area (Å²) in [5.74, 6) is 0. The first-order chi connectivity index (χ1) is 8.07. The van der Waals surface area contributed by atoms with E-state index in [1.165, 1.54) is 6.42 Å². The zero-order chi connectivity index (χ0) is 12.5. The Hall–Kier alpha value is -0.180. The van der Waals surface area contributed by atoms with Crippen molar-refractivity contribution >= 4 is 23.4 Å². The average molecular weight is 271 g/mol. The van der Waals surface area contributed by atoms with E-state index >= 15 is 0 Å². The fourth-order valence-electron chi connectivity index (χ4n) is 2.41. The molecule has 0 amide bonds. The molecule has 1 fully saturated rings. The van der Waals surface area contributed by atoms with E-state index in [1.54, 1.807) is 11.8 Å². The summed E-state index contributed by atoms with van der Waals surface area (Å²) in [5.41, 5.74) is 2.22. The Balaban J connectivity index is 2.10. The minimum Gasteiger partial charge on any atom is -0.391 e. The van der Waals surface area contributed by atoms with Gasteiger partial charge < -0.3 is 5.11 Å². The molecule has 2 rings (SSSR count). The molecular formula is C14H19ClOS. The maximum absolute atomic E-state index is 10.4. The second-order valence-corrected chi connectivity index (χ2v) is 6.57. The maximum atomic E-state index is 10.4. The predicted molar refractivity (Wildman–Crippen MR) is 76.0 cm³/mol. The Bertz CT molecular complexity index is 396. The zero-order valence-corrected chi connectivity index (χ0v) is 11.9. The highest BCUT2D eigenvalue weighted by Crippen LogP contribution is 2.46. The summed E-state index contributed by atoms with van der Waals surface area (Å²) in [7, 11) is 0. The largest absolute Gasteiger partial charge is 0.391 e. The molecule has 17 heavy (non-hydrogen) atoms. The maximum Gasteiger partial charge on any atom is 0.0727 e. The third kappa shape index (κ3) is 2.64. The molecule has 1 unspecified atom stereocenters. The van der Waals surface area contributed by atoms with Crippen molar-refractivity contribution in [3.8, 4) is 0 Å². The summed E-state index contributed by atoms with van der Waals surface area (Å²) >= 11 is 8.01. The Kier molecular flexibility index (Phi) is 4.06. The molecule has 1 N–H and O–H groups in total. The minimum atomic E-state index is -0.286. The highest BCUT2D eigenvalue weighted by atomic mass is 35.5. The van der Waals surface area contributed by atoms with Crippen molar-refractivity contribution in [3.05, 3.63) is 34.3 Å². The van der Waals surface area contributed by atoms with Gasteiger partial charge in [-0.1, -0.05) is 30.2 Å². The van der Waals surface area contributed by atoms with Gasteiger partial charge in [-0.15, -0.1) is 0 Å². The van der Waals surface area contributed by atoms with Gasteiger partial charge in [-0.25, -0.2) is 0 Å². The highest BCUT2D eigenvalue weighted by molar-refractivity contribution is 8.00. The Morgan fingerprint density at radius 1 is 1.47 bits per heavy atom. The number of benzene rings is 1. The van der Waals surface area contributed by atoms with Crippen LogP contribution in [0.2, 0.25) is 5.02 Å². The number of aryl methyl sites for hydroxylation is 1. The third-order valence-corrected chi connectivity index (χ3v) is 5.68. The van der Waals surface area contributed by atoms with E-state index in [0.29, 0.717) is 6.42 Å². The van der Waals surface area contributed by atoms with E-state index in [2.05, 4.69) is 12.3 Å². The second kappa shape index (κ2) is 5.21. The van der Waals surface area contributed by atoms with Crippen molar-refractivity contribution in [1.82, 2.24) is 0 Å². The van der Waals surface area contributed by atoms with Crippen LogP contribution < -0.4 is 0 Å². The van der Waals surface area contributed by atoms with E-state index in [1.807, 2.05) is 19.1 Å². The number of hydrogen-bond donors (Lipinski definition) is 1. The van der Waals surface area contributed by atoms with Crippen LogP contribution in [0.4, 0.5) is 0 Å². The summed E-state index contributed by atoms with van der Waals surface area (Å²) in [4.78, 5) is 0. The molecule has 1 aromatic rings. The van der Waals surface area contributed by atoms with E-state index < -0.39 is 0 Å². The molecule has 1 aliphatic rings. The summed E-state index contributed by atoms with van der Waals surface area (Å²) in [6.45, 7) is 2.03. The molecule has 1 nitrogen and oxygen atoms in total. The second-order valence-electron chi connectivity index (χ2n) is 4.94. The van der Waals surface area contributed by atoms with Crippen LogP contribution in [0.5, 0.6) is 0 Å². The van der Waals surface area contributed by atoms with Crippen LogP contribution in [-0.4, -0.2) is 22.2 Å². The van der Waals surface area contributed by atoms with Crippen LogP contribution in [0.3, 0.4) is 0 Å². The van der Waals surface area contributed by atoms with Crippen molar-refractivity contribution < 1.29 is 5.11 Å². The first kappa shape index (κ1) is 13.3. The molecule has 0 aliphatic heterocycles. The minimum absolute atomic E-state index is 0.0776. The lowest BCUT2D eigenvalue weighted by molar-refractivity contribution is 0.0878. The SMILES string of the molecule is CSC1(C(O)Cc2ccc(C)cc2Cl)CCC1. The van der Waals surface area contributed by atoms with Gasteiger partial charge in [0.05, 0.1) is 6.10 Å². The van der Waals surface area contributed by atoms with Crippen molar-refractivity contribution in [1.29, 1.82) is 0 Å². The van der Waals surface area contributed by atoms with Gasteiger partial charge in [0.25, 0.3) is 0 Å². The average Bonchev–Trinajstić information content (AvgIpc) is 2.21. The van der Waals surface area contributed by atoms with Crippen molar-refractivity contribution in [3.63, 3.8) is 0 Å². The molecule has 0 radical (unpaired) electrons. The smallest absolute Gasteiger partial charge is 0.0727 e. The molecule has 1 saturated carbocycles. The fourth-order valence-corrected chi connectivity index (χ4v) is 3.78. The summed E-state index contributed by atoms with van der Waals surface area (Å²) in [5, 5.41) is 11.2. The third-order valence-electron chi connectivity index (χ3n) is 3.84. The lowest BCUT2D eigenvalue weighted by Crippen LogP contribution is -2.46. The normalized spacial score (nSPS) is 19.8. The van der Waals surface area contributed by atoms with Crippen LogP contribution in [0.1, 0.15) is 30.4 Å². The standard InChI is InChI=1S/C14H19ClOS/c1-10-4-5-11(12(15)8-10)9-13(16)14(17-2)6-3-7-14/h4-5,8,13,16H,3,6-7,9H2,1-2H3. The molecule has 0 aromatic heterocycles. The molecule has 3 heteroatoms. The number of thioether (sulfide) groups is 1. The number of halogens is 1. The van der Waals surface area contributed by atoms with Gasteiger partial charge in [0, 0.05) is 16.2 Å².